The van der Waals surface area contributed by atoms with Gasteiger partial charge in [-0.1, -0.05) is 30.0 Å². The number of carbonyl (C=O) groups is 1. The zero-order valence-corrected chi connectivity index (χ0v) is 16.3. The average molecular weight is 396 g/mol. The predicted octanol–water partition coefficient (Wildman–Crippen LogP) is 4.09. The smallest absolute Gasteiger partial charge is 0.228 e. The molecule has 144 valence electrons. The number of nitrogens with zero attached hydrogens (tertiary/aromatic N) is 2. The van der Waals surface area contributed by atoms with Gasteiger partial charge in [-0.25, -0.2) is 0 Å². The fourth-order valence-electron chi connectivity index (χ4n) is 5.43. The third-order valence-electron chi connectivity index (χ3n) is 6.49. The van der Waals surface area contributed by atoms with Crippen LogP contribution in [0.5, 0.6) is 5.75 Å². The van der Waals surface area contributed by atoms with Crippen molar-refractivity contribution in [3.05, 3.63) is 58.1 Å². The Balaban J connectivity index is 1.76. The molecule has 2 heterocycles. The summed E-state index contributed by atoms with van der Waals surface area (Å²) in [4.78, 5) is 28.3. The minimum Gasteiger partial charge on any atom is -0.497 e. The number of hydrogen-bond acceptors (Lipinski definition) is 5. The van der Waals surface area contributed by atoms with E-state index in [4.69, 9.17) is 4.74 Å². The summed E-state index contributed by atoms with van der Waals surface area (Å²) in [6.45, 7) is -0.0756. The average Bonchev–Trinajstić information content (AvgIpc) is 3.11. The maximum absolute atomic E-state index is 13.2. The van der Waals surface area contributed by atoms with E-state index in [2.05, 4.69) is 6.07 Å². The maximum atomic E-state index is 13.2. The normalized spacial score (nSPS) is 27.5. The summed E-state index contributed by atoms with van der Waals surface area (Å²) in [7, 11) is 1.65. The summed E-state index contributed by atoms with van der Waals surface area (Å²) in [5, 5.41) is 11.3. The molecule has 5 rings (SSSR count). The van der Waals surface area contributed by atoms with Gasteiger partial charge in [-0.2, -0.15) is 0 Å². The largest absolute Gasteiger partial charge is 0.497 e. The minimum absolute atomic E-state index is 0.0516. The van der Waals surface area contributed by atoms with Gasteiger partial charge in [0, 0.05) is 33.0 Å². The molecule has 2 aromatic rings. The molecule has 1 saturated heterocycles. The van der Waals surface area contributed by atoms with E-state index in [9.17, 15) is 14.9 Å². The molecular formula is C21H20N2O4S. The molecule has 2 fully saturated rings. The summed E-state index contributed by atoms with van der Waals surface area (Å²) >= 11 is 1.64. The lowest BCUT2D eigenvalue weighted by Gasteiger charge is -2.39. The van der Waals surface area contributed by atoms with Gasteiger partial charge >= 0.3 is 0 Å². The highest BCUT2D eigenvalue weighted by Gasteiger charge is 2.62. The van der Waals surface area contributed by atoms with Crippen molar-refractivity contribution < 1.29 is 14.5 Å². The lowest BCUT2D eigenvalue weighted by molar-refractivity contribution is -0.489. The molecule has 0 radical (unpaired) electrons. The zero-order valence-electron chi connectivity index (χ0n) is 15.5. The van der Waals surface area contributed by atoms with Gasteiger partial charge in [0.15, 0.2) is 0 Å². The Morgan fingerprint density at radius 1 is 1.29 bits per heavy atom. The van der Waals surface area contributed by atoms with Crippen LogP contribution in [0.2, 0.25) is 0 Å². The fraction of sp³-hybridized carbons (Fsp3) is 0.381. The van der Waals surface area contributed by atoms with E-state index in [0.29, 0.717) is 6.42 Å². The lowest BCUT2D eigenvalue weighted by Crippen LogP contribution is -2.45. The molecule has 2 unspecified atom stereocenters. The van der Waals surface area contributed by atoms with E-state index >= 15 is 0 Å². The topological polar surface area (TPSA) is 72.7 Å². The van der Waals surface area contributed by atoms with Gasteiger partial charge < -0.3 is 9.64 Å². The van der Waals surface area contributed by atoms with Crippen LogP contribution in [-0.2, 0) is 10.3 Å². The molecule has 1 spiro atoms. The summed E-state index contributed by atoms with van der Waals surface area (Å²) in [6, 6.07) is 14.0. The van der Waals surface area contributed by atoms with Crippen LogP contribution in [0.3, 0.4) is 0 Å². The summed E-state index contributed by atoms with van der Waals surface area (Å²) < 4.78 is 5.44. The molecule has 28 heavy (non-hydrogen) atoms. The van der Waals surface area contributed by atoms with Crippen molar-refractivity contribution in [2.75, 3.05) is 18.6 Å². The van der Waals surface area contributed by atoms with Gasteiger partial charge in [0.25, 0.3) is 0 Å². The highest BCUT2D eigenvalue weighted by molar-refractivity contribution is 7.99. The molecule has 3 atom stereocenters. The van der Waals surface area contributed by atoms with Crippen LogP contribution in [0.1, 0.15) is 24.8 Å². The van der Waals surface area contributed by atoms with Crippen LogP contribution in [0.4, 0.5) is 5.69 Å². The van der Waals surface area contributed by atoms with Crippen molar-refractivity contribution in [2.24, 2.45) is 11.8 Å². The summed E-state index contributed by atoms with van der Waals surface area (Å²) in [5.74, 6) is 0.697. The van der Waals surface area contributed by atoms with Crippen LogP contribution in [0, 0.1) is 22.0 Å². The van der Waals surface area contributed by atoms with E-state index in [1.807, 2.05) is 41.3 Å². The second-order valence-electron chi connectivity index (χ2n) is 7.71. The first kappa shape index (κ1) is 17.6. The van der Waals surface area contributed by atoms with Crippen LogP contribution in [0.25, 0.3) is 0 Å². The molecule has 0 bridgehead atoms. The number of rotatable bonds is 3. The van der Waals surface area contributed by atoms with E-state index in [1.54, 1.807) is 18.9 Å². The molecule has 2 aromatic carbocycles. The number of anilines is 1. The van der Waals surface area contributed by atoms with E-state index in [0.717, 1.165) is 39.6 Å². The Morgan fingerprint density at radius 2 is 2.11 bits per heavy atom. The molecule has 1 aliphatic carbocycles. The molecule has 2 aliphatic heterocycles. The van der Waals surface area contributed by atoms with Crippen LogP contribution in [0.15, 0.2) is 52.3 Å². The molecule has 6 nitrogen and oxygen atoms in total. The van der Waals surface area contributed by atoms with Crippen LogP contribution < -0.4 is 9.64 Å². The molecular weight excluding hydrogens is 376 g/mol. The first-order valence-corrected chi connectivity index (χ1v) is 10.3. The van der Waals surface area contributed by atoms with Crippen LogP contribution in [-0.4, -0.2) is 24.5 Å². The molecule has 0 aromatic heterocycles. The van der Waals surface area contributed by atoms with Crippen molar-refractivity contribution in [3.63, 3.8) is 0 Å². The summed E-state index contributed by atoms with van der Waals surface area (Å²) in [5.41, 5.74) is 1.49. The van der Waals surface area contributed by atoms with Gasteiger partial charge in [0.1, 0.15) is 5.75 Å². The second-order valence-corrected chi connectivity index (χ2v) is 8.79. The number of carbonyl (C=O) groups excluding carboxylic acids is 1. The van der Waals surface area contributed by atoms with Gasteiger partial charge in [-0.15, -0.1) is 0 Å². The zero-order chi connectivity index (χ0) is 19.5. The second kappa shape index (κ2) is 6.24. The van der Waals surface area contributed by atoms with Crippen molar-refractivity contribution in [1.82, 2.24) is 0 Å². The number of methoxy groups -OCH3 is 1. The number of nitro groups is 1. The SMILES string of the molecule is COc1ccc2c(c1)Sc1ccccc1N1C(=O)CC3[C@H](C[N+](=O)[O-])CCC231. The fourth-order valence-corrected chi connectivity index (χ4v) is 6.61. The van der Waals surface area contributed by atoms with Crippen molar-refractivity contribution in [2.45, 2.75) is 34.6 Å². The number of benzene rings is 2. The first-order valence-electron chi connectivity index (χ1n) is 9.45. The molecule has 0 N–H and O–H groups in total. The van der Waals surface area contributed by atoms with Crippen molar-refractivity contribution >= 4 is 23.4 Å². The van der Waals surface area contributed by atoms with E-state index in [1.165, 1.54) is 0 Å². The molecule has 3 aliphatic rings. The van der Waals surface area contributed by atoms with Gasteiger partial charge in [-0.3, -0.25) is 14.9 Å². The van der Waals surface area contributed by atoms with Gasteiger partial charge in [0.2, 0.25) is 12.5 Å². The highest BCUT2D eigenvalue weighted by atomic mass is 32.2. The predicted molar refractivity (Wildman–Crippen MR) is 105 cm³/mol. The number of fused-ring (bicyclic) bond motifs is 3. The molecule has 1 saturated carbocycles. The molecule has 1 amide bonds. The third-order valence-corrected chi connectivity index (χ3v) is 7.61. The third kappa shape index (κ3) is 2.32. The first-order chi connectivity index (χ1) is 13.5. The van der Waals surface area contributed by atoms with Crippen molar-refractivity contribution in [1.29, 1.82) is 0 Å². The lowest BCUT2D eigenvalue weighted by atomic mass is 9.78. The van der Waals surface area contributed by atoms with Crippen molar-refractivity contribution in [3.8, 4) is 5.75 Å². The van der Waals surface area contributed by atoms with Crippen LogP contribution >= 0.6 is 11.8 Å². The standard InChI is InChI=1S/C21H20N2O4S/c1-27-14-6-7-15-19(10-14)28-18-5-3-2-4-17(18)23-20(24)11-16-13(12-22(25)26)8-9-21(15,16)23/h2-7,10,13,16H,8-9,11-12H2,1H3/t13-,16?,21?/m0/s1. The van der Waals surface area contributed by atoms with Gasteiger partial charge in [0.05, 0.1) is 18.3 Å². The monoisotopic (exact) mass is 396 g/mol. The minimum atomic E-state index is -0.515. The Kier molecular flexibility index (Phi) is 3.91. The quantitative estimate of drug-likeness (QED) is 0.577. The number of amides is 1. The summed E-state index contributed by atoms with van der Waals surface area (Å²) in [6.07, 6.45) is 1.87. The molecule has 7 heteroatoms. The van der Waals surface area contributed by atoms with E-state index < -0.39 is 5.54 Å². The maximum Gasteiger partial charge on any atom is 0.228 e. The number of para-hydroxylation sites is 1. The Morgan fingerprint density at radius 3 is 2.89 bits per heavy atom. The Hall–Kier alpha value is -2.54. The highest BCUT2D eigenvalue weighted by Crippen LogP contribution is 2.62. The number of hydrogen-bond donors (Lipinski definition) is 0. The van der Waals surface area contributed by atoms with E-state index in [-0.39, 0.29) is 29.2 Å². The Bertz CT molecular complexity index is 994. The Labute approximate surface area is 167 Å². The van der Waals surface area contributed by atoms with Gasteiger partial charge in [-0.05, 0) is 42.7 Å². The number of ether oxygens (including phenoxy) is 1.